The summed E-state index contributed by atoms with van der Waals surface area (Å²) in [5.74, 6) is -4.27. The number of aliphatic hydroxyl groups excluding tert-OH is 1. The Kier molecular flexibility index (Phi) is 5.51. The number of benzene rings is 1. The van der Waals surface area contributed by atoms with Gasteiger partial charge in [-0.15, -0.1) is 0 Å². The SMILES string of the molecule is CC(CC(O)(O)C1C=C(O)C=C/C1=N\P(=O)(O)O)c1ccc(O)cc1. The smallest absolute Gasteiger partial charge is 0.448 e. The summed E-state index contributed by atoms with van der Waals surface area (Å²) in [5, 5.41) is 39.9. The van der Waals surface area contributed by atoms with Crippen LogP contribution >= 0.6 is 7.75 Å². The summed E-state index contributed by atoms with van der Waals surface area (Å²) in [6.07, 6.45) is 3.17. The van der Waals surface area contributed by atoms with Gasteiger partial charge >= 0.3 is 7.75 Å². The van der Waals surface area contributed by atoms with Crippen molar-refractivity contribution in [2.24, 2.45) is 10.7 Å². The van der Waals surface area contributed by atoms with E-state index in [1.54, 1.807) is 19.1 Å². The van der Waals surface area contributed by atoms with E-state index in [1.807, 2.05) is 0 Å². The van der Waals surface area contributed by atoms with Gasteiger partial charge in [-0.2, -0.15) is 4.76 Å². The number of aromatic hydroxyl groups is 1. The van der Waals surface area contributed by atoms with E-state index < -0.39 is 19.5 Å². The van der Waals surface area contributed by atoms with Gasteiger partial charge in [-0.05, 0) is 41.8 Å². The summed E-state index contributed by atoms with van der Waals surface area (Å²) in [4.78, 5) is 18.0. The lowest BCUT2D eigenvalue weighted by atomic mass is 9.82. The maximum absolute atomic E-state index is 11.1. The highest BCUT2D eigenvalue weighted by atomic mass is 31.2. The van der Waals surface area contributed by atoms with Crippen LogP contribution in [0, 0.1) is 5.92 Å². The monoisotopic (exact) mass is 369 g/mol. The Balaban J connectivity index is 2.28. The van der Waals surface area contributed by atoms with Gasteiger partial charge in [0, 0.05) is 6.42 Å². The van der Waals surface area contributed by atoms with Crippen LogP contribution in [-0.4, -0.2) is 41.7 Å². The lowest BCUT2D eigenvalue weighted by molar-refractivity contribution is -0.181. The summed E-state index contributed by atoms with van der Waals surface area (Å²) < 4.78 is 14.4. The van der Waals surface area contributed by atoms with E-state index in [4.69, 9.17) is 9.79 Å². The third-order valence-electron chi connectivity index (χ3n) is 3.89. The predicted octanol–water partition coefficient (Wildman–Crippen LogP) is 1.73. The Labute approximate surface area is 144 Å². The molecule has 2 unspecified atom stereocenters. The van der Waals surface area contributed by atoms with Gasteiger partial charge in [-0.1, -0.05) is 19.1 Å². The molecule has 0 spiro atoms. The van der Waals surface area contributed by atoms with Crippen molar-refractivity contribution in [3.8, 4) is 5.75 Å². The first-order valence-corrected chi connectivity index (χ1v) is 9.02. The second-order valence-corrected chi connectivity index (χ2v) is 7.24. The molecule has 0 bridgehead atoms. The quantitative estimate of drug-likeness (QED) is 0.342. The molecule has 136 valence electrons. The second kappa shape index (κ2) is 7.11. The molecule has 0 aromatic heterocycles. The molecule has 1 aromatic carbocycles. The fourth-order valence-electron chi connectivity index (χ4n) is 2.70. The van der Waals surface area contributed by atoms with Gasteiger partial charge in [0.05, 0.1) is 11.6 Å². The summed E-state index contributed by atoms with van der Waals surface area (Å²) in [5.41, 5.74) is 0.493. The normalized spacial score (nSPS) is 21.2. The van der Waals surface area contributed by atoms with Crippen LogP contribution in [0.5, 0.6) is 5.75 Å². The van der Waals surface area contributed by atoms with Crippen LogP contribution in [-0.2, 0) is 4.57 Å². The van der Waals surface area contributed by atoms with Crippen molar-refractivity contribution in [2.75, 3.05) is 0 Å². The van der Waals surface area contributed by atoms with Crippen LogP contribution in [0.2, 0.25) is 0 Å². The van der Waals surface area contributed by atoms with Crippen LogP contribution in [0.25, 0.3) is 0 Å². The predicted molar refractivity (Wildman–Crippen MR) is 91.1 cm³/mol. The minimum Gasteiger partial charge on any atom is -0.508 e. The first-order chi connectivity index (χ1) is 11.5. The number of aliphatic hydroxyl groups is 3. The number of hydrogen-bond donors (Lipinski definition) is 6. The van der Waals surface area contributed by atoms with E-state index in [1.165, 1.54) is 12.1 Å². The highest BCUT2D eigenvalue weighted by Crippen LogP contribution is 2.40. The molecule has 8 nitrogen and oxygen atoms in total. The van der Waals surface area contributed by atoms with Crippen LogP contribution in [0.4, 0.5) is 0 Å². The average Bonchev–Trinajstić information content (AvgIpc) is 2.48. The van der Waals surface area contributed by atoms with E-state index in [0.717, 1.165) is 23.8 Å². The van der Waals surface area contributed by atoms with Crippen LogP contribution in [0.3, 0.4) is 0 Å². The van der Waals surface area contributed by atoms with Gasteiger partial charge in [-0.3, -0.25) is 0 Å². The molecule has 0 saturated heterocycles. The van der Waals surface area contributed by atoms with Crippen molar-refractivity contribution in [3.63, 3.8) is 0 Å². The second-order valence-electron chi connectivity index (χ2n) is 6.02. The zero-order valence-corrected chi connectivity index (χ0v) is 14.3. The molecule has 9 heteroatoms. The van der Waals surface area contributed by atoms with Gasteiger partial charge in [0.15, 0.2) is 5.79 Å². The van der Waals surface area contributed by atoms with E-state index >= 15 is 0 Å². The number of phenolic OH excluding ortho intramolecular Hbond substituents is 1. The highest BCUT2D eigenvalue weighted by Gasteiger charge is 2.39. The molecule has 0 saturated carbocycles. The molecule has 1 aliphatic rings. The molecule has 2 rings (SSSR count). The van der Waals surface area contributed by atoms with Crippen LogP contribution in [0.1, 0.15) is 24.8 Å². The molecular formula is C16H20NO7P. The first kappa shape index (κ1) is 19.4. The molecule has 0 heterocycles. The van der Waals surface area contributed by atoms with Crippen LogP contribution in [0.15, 0.2) is 53.0 Å². The zero-order valence-electron chi connectivity index (χ0n) is 13.4. The Morgan fingerprint density at radius 1 is 1.16 bits per heavy atom. The molecule has 0 aliphatic heterocycles. The molecule has 0 radical (unpaired) electrons. The largest absolute Gasteiger partial charge is 0.508 e. The lowest BCUT2D eigenvalue weighted by Crippen LogP contribution is -2.42. The van der Waals surface area contributed by atoms with E-state index in [-0.39, 0.29) is 29.6 Å². The van der Waals surface area contributed by atoms with Gasteiger partial charge < -0.3 is 30.2 Å². The summed E-state index contributed by atoms with van der Waals surface area (Å²) >= 11 is 0. The first-order valence-electron chi connectivity index (χ1n) is 7.46. The Hall–Kier alpha value is -1.96. The Morgan fingerprint density at radius 3 is 2.32 bits per heavy atom. The van der Waals surface area contributed by atoms with Crippen molar-refractivity contribution in [1.29, 1.82) is 0 Å². The van der Waals surface area contributed by atoms with Gasteiger partial charge in [0.2, 0.25) is 0 Å². The van der Waals surface area contributed by atoms with Gasteiger partial charge in [0.1, 0.15) is 11.5 Å². The summed E-state index contributed by atoms with van der Waals surface area (Å²) in [6.45, 7) is 1.73. The zero-order chi connectivity index (χ0) is 18.8. The molecule has 1 aromatic rings. The van der Waals surface area contributed by atoms with Crippen molar-refractivity contribution < 1.29 is 34.8 Å². The minimum atomic E-state index is -4.78. The number of allylic oxidation sites excluding steroid dienone is 2. The molecule has 0 amide bonds. The number of nitrogens with zero attached hydrogens (tertiary/aromatic N) is 1. The topological polar surface area (TPSA) is 151 Å². The van der Waals surface area contributed by atoms with Gasteiger partial charge in [0.25, 0.3) is 0 Å². The Bertz CT molecular complexity index is 761. The van der Waals surface area contributed by atoms with E-state index in [9.17, 15) is 25.0 Å². The maximum Gasteiger partial charge on any atom is 0.448 e. The summed E-state index contributed by atoms with van der Waals surface area (Å²) in [7, 11) is -4.78. The van der Waals surface area contributed by atoms with Crippen molar-refractivity contribution >= 4 is 13.5 Å². The van der Waals surface area contributed by atoms with Gasteiger partial charge in [-0.25, -0.2) is 4.57 Å². The molecule has 6 N–H and O–H groups in total. The third kappa shape index (κ3) is 5.26. The average molecular weight is 369 g/mol. The maximum atomic E-state index is 11.1. The fourth-order valence-corrected chi connectivity index (χ4v) is 3.19. The van der Waals surface area contributed by atoms with Crippen molar-refractivity contribution in [3.05, 3.63) is 53.8 Å². The fraction of sp³-hybridized carbons (Fsp3) is 0.312. The Morgan fingerprint density at radius 2 is 1.76 bits per heavy atom. The molecular weight excluding hydrogens is 349 g/mol. The molecule has 1 aliphatic carbocycles. The summed E-state index contributed by atoms with van der Waals surface area (Å²) in [6, 6.07) is 6.21. The molecule has 2 atom stereocenters. The third-order valence-corrected chi connectivity index (χ3v) is 4.38. The van der Waals surface area contributed by atoms with Crippen LogP contribution < -0.4 is 0 Å². The number of phenols is 1. The molecule has 25 heavy (non-hydrogen) atoms. The number of hydrogen-bond acceptors (Lipinski definition) is 5. The van der Waals surface area contributed by atoms with Crippen molar-refractivity contribution in [2.45, 2.75) is 25.0 Å². The lowest BCUT2D eigenvalue weighted by Gasteiger charge is -2.33. The minimum absolute atomic E-state index is 0.0801. The highest BCUT2D eigenvalue weighted by molar-refractivity contribution is 7.50. The number of rotatable bonds is 5. The van der Waals surface area contributed by atoms with Crippen molar-refractivity contribution in [1.82, 2.24) is 0 Å². The van der Waals surface area contributed by atoms with E-state index in [2.05, 4.69) is 4.76 Å². The molecule has 0 fully saturated rings. The standard InChI is InChI=1S/C16H20NO7P/c1-10(11-2-4-12(18)5-3-11)9-16(20,21)14-8-13(19)6-7-15(14)17-25(22,23)24/h2-8,10,14,18-21H,9H2,1H3,(H2,22,23,24)/b17-15+. The van der Waals surface area contributed by atoms with E-state index in [0.29, 0.717) is 0 Å².